The highest BCUT2D eigenvalue weighted by Crippen LogP contribution is 2.21. The minimum absolute atomic E-state index is 0.154. The first-order valence-corrected chi connectivity index (χ1v) is 4.41. The molecule has 4 nitrogen and oxygen atoms in total. The van der Waals surface area contributed by atoms with Crippen LogP contribution in [0.4, 0.5) is 0 Å². The van der Waals surface area contributed by atoms with Crippen LogP contribution < -0.4 is 0 Å². The van der Waals surface area contributed by atoms with E-state index in [0.29, 0.717) is 19.6 Å². The van der Waals surface area contributed by atoms with Crippen molar-refractivity contribution in [2.75, 3.05) is 13.2 Å². The van der Waals surface area contributed by atoms with Gasteiger partial charge in [0.15, 0.2) is 0 Å². The van der Waals surface area contributed by atoms with E-state index >= 15 is 0 Å². The Labute approximate surface area is 73.5 Å². The highest BCUT2D eigenvalue weighted by atomic mass is 31.0. The Bertz CT molecular complexity index is 207. The minimum atomic E-state index is -0.567. The van der Waals surface area contributed by atoms with Crippen molar-refractivity contribution in [3.05, 3.63) is 0 Å². The van der Waals surface area contributed by atoms with Gasteiger partial charge in [-0.15, -0.1) is 0 Å². The van der Waals surface area contributed by atoms with E-state index in [9.17, 15) is 9.59 Å². The molecule has 0 bridgehead atoms. The Morgan fingerprint density at radius 3 is 2.92 bits per heavy atom. The summed E-state index contributed by atoms with van der Waals surface area (Å²) in [5.41, 5.74) is 0. The summed E-state index contributed by atoms with van der Waals surface area (Å²) in [6.07, 6.45) is 0.571. The maximum absolute atomic E-state index is 11.2. The van der Waals surface area contributed by atoms with Gasteiger partial charge in [-0.05, 0) is 22.7 Å². The van der Waals surface area contributed by atoms with Crippen molar-refractivity contribution in [3.63, 3.8) is 0 Å². The monoisotopic (exact) mass is 189 g/mol. The molecule has 2 unspecified atom stereocenters. The zero-order valence-electron chi connectivity index (χ0n) is 6.95. The van der Waals surface area contributed by atoms with E-state index in [1.165, 1.54) is 4.67 Å². The molecule has 0 aliphatic carbocycles. The van der Waals surface area contributed by atoms with E-state index in [4.69, 9.17) is 4.74 Å². The second-order valence-electron chi connectivity index (χ2n) is 2.62. The molecule has 1 aliphatic heterocycles. The Balaban J connectivity index is 2.53. The van der Waals surface area contributed by atoms with Crippen molar-refractivity contribution in [2.24, 2.45) is 5.92 Å². The van der Waals surface area contributed by atoms with E-state index in [1.807, 2.05) is 0 Å². The quantitative estimate of drug-likeness (QED) is 0.354. The molecule has 0 saturated carbocycles. The lowest BCUT2D eigenvalue weighted by Crippen LogP contribution is -2.25. The molecular weight excluding hydrogens is 177 g/mol. The van der Waals surface area contributed by atoms with E-state index in [1.54, 1.807) is 6.92 Å². The van der Waals surface area contributed by atoms with Crippen molar-refractivity contribution < 1.29 is 14.3 Å². The zero-order valence-corrected chi connectivity index (χ0v) is 8.10. The van der Waals surface area contributed by atoms with Crippen molar-refractivity contribution in [1.29, 1.82) is 0 Å². The SMILES string of the molecule is CCOC(=O)C1CCN(P)C1=O. The van der Waals surface area contributed by atoms with Crippen molar-refractivity contribution in [3.8, 4) is 0 Å². The van der Waals surface area contributed by atoms with Crippen LogP contribution >= 0.6 is 9.39 Å². The fourth-order valence-electron chi connectivity index (χ4n) is 1.16. The van der Waals surface area contributed by atoms with Crippen LogP contribution in [0.1, 0.15) is 13.3 Å². The van der Waals surface area contributed by atoms with Gasteiger partial charge in [0.2, 0.25) is 5.91 Å². The summed E-state index contributed by atoms with van der Waals surface area (Å²) in [7, 11) is 2.29. The fraction of sp³-hybridized carbons (Fsp3) is 0.714. The average molecular weight is 189 g/mol. The second kappa shape index (κ2) is 3.85. The van der Waals surface area contributed by atoms with Crippen molar-refractivity contribution >= 4 is 21.3 Å². The lowest BCUT2D eigenvalue weighted by molar-refractivity contribution is -0.151. The first-order chi connectivity index (χ1) is 5.66. The Hall–Kier alpha value is -0.630. The molecular formula is C7H12NO3P. The third-order valence-electron chi connectivity index (χ3n) is 1.81. The van der Waals surface area contributed by atoms with Crippen LogP contribution in [0, 0.1) is 5.92 Å². The number of esters is 1. The van der Waals surface area contributed by atoms with E-state index in [2.05, 4.69) is 9.39 Å². The number of amides is 1. The maximum atomic E-state index is 11.2. The first-order valence-electron chi connectivity index (χ1n) is 3.89. The summed E-state index contributed by atoms with van der Waals surface area (Å²) in [5, 5.41) is 0. The van der Waals surface area contributed by atoms with E-state index < -0.39 is 11.9 Å². The third-order valence-corrected chi connectivity index (χ3v) is 2.32. The summed E-state index contributed by atoms with van der Waals surface area (Å²) in [5.74, 6) is -1.12. The molecule has 1 amide bonds. The molecule has 0 N–H and O–H groups in total. The lowest BCUT2D eigenvalue weighted by Gasteiger charge is -2.08. The van der Waals surface area contributed by atoms with Gasteiger partial charge in [0, 0.05) is 6.54 Å². The van der Waals surface area contributed by atoms with Crippen LogP contribution in [0.25, 0.3) is 0 Å². The highest BCUT2D eigenvalue weighted by Gasteiger charge is 2.35. The Morgan fingerprint density at radius 2 is 2.50 bits per heavy atom. The van der Waals surface area contributed by atoms with E-state index in [0.717, 1.165) is 0 Å². The molecule has 2 atom stereocenters. The van der Waals surface area contributed by atoms with Crippen LogP contribution in [0.2, 0.25) is 0 Å². The van der Waals surface area contributed by atoms with Gasteiger partial charge >= 0.3 is 5.97 Å². The van der Waals surface area contributed by atoms with Gasteiger partial charge in [0.1, 0.15) is 5.92 Å². The predicted octanol–water partition coefficient (Wildman–Crippen LogP) is 0.188. The van der Waals surface area contributed by atoms with Crippen molar-refractivity contribution in [1.82, 2.24) is 4.67 Å². The van der Waals surface area contributed by atoms with Gasteiger partial charge in [-0.3, -0.25) is 9.59 Å². The molecule has 5 heteroatoms. The Morgan fingerprint density at radius 1 is 1.83 bits per heavy atom. The molecule has 0 aromatic carbocycles. The molecule has 1 fully saturated rings. The normalized spacial score (nSPS) is 23.0. The summed E-state index contributed by atoms with van der Waals surface area (Å²) in [6, 6.07) is 0. The zero-order chi connectivity index (χ0) is 9.14. The maximum Gasteiger partial charge on any atom is 0.318 e. The second-order valence-corrected chi connectivity index (χ2v) is 3.25. The number of rotatable bonds is 2. The van der Waals surface area contributed by atoms with Gasteiger partial charge in [-0.2, -0.15) is 0 Å². The van der Waals surface area contributed by atoms with Gasteiger partial charge in [-0.25, -0.2) is 0 Å². The van der Waals surface area contributed by atoms with Gasteiger partial charge < -0.3 is 9.41 Å². The Kier molecular flexibility index (Phi) is 3.04. The summed E-state index contributed by atoms with van der Waals surface area (Å²) in [4.78, 5) is 22.3. The van der Waals surface area contributed by atoms with E-state index in [-0.39, 0.29) is 5.91 Å². The molecule has 1 aliphatic rings. The van der Waals surface area contributed by atoms with Crippen LogP contribution in [0.3, 0.4) is 0 Å². The van der Waals surface area contributed by atoms with Gasteiger partial charge in [0.05, 0.1) is 6.61 Å². The molecule has 1 heterocycles. The van der Waals surface area contributed by atoms with Crippen LogP contribution in [0.15, 0.2) is 0 Å². The number of hydrogen-bond acceptors (Lipinski definition) is 3. The number of nitrogens with zero attached hydrogens (tertiary/aromatic N) is 1. The van der Waals surface area contributed by atoms with Crippen LogP contribution in [-0.4, -0.2) is 29.7 Å². The minimum Gasteiger partial charge on any atom is -0.465 e. The summed E-state index contributed by atoms with van der Waals surface area (Å²) < 4.78 is 6.22. The fourth-order valence-corrected chi connectivity index (χ4v) is 1.49. The van der Waals surface area contributed by atoms with Crippen LogP contribution in [-0.2, 0) is 14.3 Å². The number of carbonyl (C=O) groups excluding carboxylic acids is 2. The predicted molar refractivity (Wildman–Crippen MR) is 46.2 cm³/mol. The highest BCUT2D eigenvalue weighted by molar-refractivity contribution is 7.14. The molecule has 1 rings (SSSR count). The molecule has 0 radical (unpaired) electrons. The van der Waals surface area contributed by atoms with Gasteiger partial charge in [-0.1, -0.05) is 0 Å². The molecule has 0 spiro atoms. The standard InChI is InChI=1S/C7H12NO3P/c1-2-11-7(10)5-3-4-8(12)6(5)9/h5H,2-4,12H2,1H3. The largest absolute Gasteiger partial charge is 0.465 e. The molecule has 12 heavy (non-hydrogen) atoms. The van der Waals surface area contributed by atoms with Gasteiger partial charge in [0.25, 0.3) is 0 Å². The smallest absolute Gasteiger partial charge is 0.318 e. The average Bonchev–Trinajstić information content (AvgIpc) is 2.34. The van der Waals surface area contributed by atoms with Crippen molar-refractivity contribution in [2.45, 2.75) is 13.3 Å². The van der Waals surface area contributed by atoms with Crippen LogP contribution in [0.5, 0.6) is 0 Å². The number of hydrogen-bond donors (Lipinski definition) is 0. The number of ether oxygens (including phenoxy) is 1. The lowest BCUT2D eigenvalue weighted by atomic mass is 10.1. The topological polar surface area (TPSA) is 46.6 Å². The third kappa shape index (κ3) is 1.75. The summed E-state index contributed by atoms with van der Waals surface area (Å²) >= 11 is 0. The molecule has 68 valence electrons. The first kappa shape index (κ1) is 9.46. The molecule has 0 aromatic heterocycles. The molecule has 1 saturated heterocycles. The summed E-state index contributed by atoms with van der Waals surface area (Å²) in [6.45, 7) is 2.68. The number of carbonyl (C=O) groups is 2. The molecule has 0 aromatic rings.